The lowest BCUT2D eigenvalue weighted by atomic mass is 9.98. The lowest BCUT2D eigenvalue weighted by Gasteiger charge is -2.29. The van der Waals surface area contributed by atoms with E-state index in [9.17, 15) is 4.79 Å². The van der Waals surface area contributed by atoms with Crippen LogP contribution < -0.4 is 11.1 Å². The Morgan fingerprint density at radius 3 is 2.36 bits per heavy atom. The number of nitrogens with two attached hydrogens (primary N) is 1. The fourth-order valence-corrected chi connectivity index (χ4v) is 3.25. The molecule has 1 atom stereocenters. The Bertz CT molecular complexity index is 751. The highest BCUT2D eigenvalue weighted by atomic mass is 16.1. The summed E-state index contributed by atoms with van der Waals surface area (Å²) < 4.78 is 0. The molecule has 0 aliphatic heterocycles. The van der Waals surface area contributed by atoms with Crippen LogP contribution in [-0.4, -0.2) is 23.9 Å². The summed E-state index contributed by atoms with van der Waals surface area (Å²) in [5.74, 6) is -0.415. The third-order valence-corrected chi connectivity index (χ3v) is 5.04. The first kappa shape index (κ1) is 19.0. The molecule has 2 rings (SSSR count). The monoisotopic (exact) mass is 339 g/mol. The zero-order chi connectivity index (χ0) is 18.6. The second-order valence-electron chi connectivity index (χ2n) is 6.40. The average Bonchev–Trinajstić information content (AvgIpc) is 2.59. The molecular formula is C21H29N3O. The maximum absolute atomic E-state index is 12.0. The van der Waals surface area contributed by atoms with Crippen LogP contribution in [0.5, 0.6) is 0 Å². The van der Waals surface area contributed by atoms with Gasteiger partial charge < -0.3 is 11.1 Å². The number of amides is 1. The van der Waals surface area contributed by atoms with Crippen LogP contribution in [0.15, 0.2) is 36.4 Å². The number of rotatable bonds is 7. The molecule has 0 aliphatic rings. The normalized spacial score (nSPS) is 12.2. The van der Waals surface area contributed by atoms with Crippen LogP contribution in [0.1, 0.15) is 53.9 Å². The molecule has 1 amide bonds. The van der Waals surface area contributed by atoms with Gasteiger partial charge in [-0.15, -0.1) is 0 Å². The summed E-state index contributed by atoms with van der Waals surface area (Å²) in [7, 11) is 0. The Morgan fingerprint density at radius 2 is 1.76 bits per heavy atom. The van der Waals surface area contributed by atoms with Gasteiger partial charge in [0, 0.05) is 11.7 Å². The number of aryl methyl sites for hydroxylation is 1. The standard InChI is InChI=1S/C21H29N3O/c1-6-24(7-2)16(5)17-11-9-12-18(21(22)25)20(17)23-19-13-8-10-14(3)15(19)4/h8-13,16,23H,6-7H2,1-5H3,(H2,22,25). The van der Waals surface area contributed by atoms with E-state index in [0.717, 1.165) is 30.0 Å². The molecule has 0 heterocycles. The lowest BCUT2D eigenvalue weighted by molar-refractivity contribution is 0.100. The number of hydrogen-bond acceptors (Lipinski definition) is 3. The van der Waals surface area contributed by atoms with Gasteiger partial charge in [-0.1, -0.05) is 38.1 Å². The number of primary amides is 1. The Morgan fingerprint density at radius 1 is 1.12 bits per heavy atom. The molecule has 3 N–H and O–H groups in total. The maximum atomic E-state index is 12.0. The Balaban J connectivity index is 2.57. The van der Waals surface area contributed by atoms with E-state index in [1.807, 2.05) is 18.2 Å². The summed E-state index contributed by atoms with van der Waals surface area (Å²) in [6, 6.07) is 12.1. The van der Waals surface area contributed by atoms with E-state index in [2.05, 4.69) is 57.0 Å². The summed E-state index contributed by atoms with van der Waals surface area (Å²) in [5, 5.41) is 3.49. The van der Waals surface area contributed by atoms with Gasteiger partial charge in [0.2, 0.25) is 0 Å². The average molecular weight is 339 g/mol. The summed E-state index contributed by atoms with van der Waals surface area (Å²) in [6.45, 7) is 12.5. The molecule has 0 aromatic heterocycles. The Hall–Kier alpha value is -2.33. The molecule has 0 saturated carbocycles. The first-order valence-electron chi connectivity index (χ1n) is 8.90. The van der Waals surface area contributed by atoms with E-state index < -0.39 is 5.91 Å². The molecule has 2 aromatic rings. The molecular weight excluding hydrogens is 310 g/mol. The molecule has 1 unspecified atom stereocenters. The van der Waals surface area contributed by atoms with Crippen LogP contribution >= 0.6 is 0 Å². The third kappa shape index (κ3) is 4.02. The first-order chi connectivity index (χ1) is 11.9. The zero-order valence-electron chi connectivity index (χ0n) is 15.9. The smallest absolute Gasteiger partial charge is 0.250 e. The van der Waals surface area contributed by atoms with Crippen LogP contribution in [0.4, 0.5) is 11.4 Å². The van der Waals surface area contributed by atoms with Gasteiger partial charge in [0.25, 0.3) is 5.91 Å². The van der Waals surface area contributed by atoms with Crippen molar-refractivity contribution in [2.45, 2.75) is 40.7 Å². The minimum atomic E-state index is -0.415. The maximum Gasteiger partial charge on any atom is 0.250 e. The fourth-order valence-electron chi connectivity index (χ4n) is 3.25. The van der Waals surface area contributed by atoms with Crippen LogP contribution in [-0.2, 0) is 0 Å². The van der Waals surface area contributed by atoms with Crippen LogP contribution in [0.3, 0.4) is 0 Å². The summed E-state index contributed by atoms with van der Waals surface area (Å²) >= 11 is 0. The fraction of sp³-hybridized carbons (Fsp3) is 0.381. The topological polar surface area (TPSA) is 58.4 Å². The lowest BCUT2D eigenvalue weighted by Crippen LogP contribution is -2.27. The number of para-hydroxylation sites is 1. The van der Waals surface area contributed by atoms with Gasteiger partial charge in [0.1, 0.15) is 0 Å². The van der Waals surface area contributed by atoms with Crippen molar-refractivity contribution in [1.29, 1.82) is 0 Å². The van der Waals surface area contributed by atoms with Crippen molar-refractivity contribution < 1.29 is 4.79 Å². The highest BCUT2D eigenvalue weighted by molar-refractivity contribution is 6.00. The highest BCUT2D eigenvalue weighted by Gasteiger charge is 2.20. The molecule has 4 nitrogen and oxygen atoms in total. The number of carbonyl (C=O) groups excluding carboxylic acids is 1. The summed E-state index contributed by atoms with van der Waals surface area (Å²) in [4.78, 5) is 14.4. The molecule has 2 aromatic carbocycles. The van der Waals surface area contributed by atoms with Crippen molar-refractivity contribution in [1.82, 2.24) is 4.90 Å². The predicted octanol–water partition coefficient (Wildman–Crippen LogP) is 4.55. The van der Waals surface area contributed by atoms with Gasteiger partial charge in [-0.05, 0) is 62.7 Å². The molecule has 0 fully saturated rings. The van der Waals surface area contributed by atoms with E-state index in [4.69, 9.17) is 5.73 Å². The minimum absolute atomic E-state index is 0.182. The molecule has 0 saturated heterocycles. The molecule has 0 bridgehead atoms. The zero-order valence-corrected chi connectivity index (χ0v) is 15.9. The van der Waals surface area contributed by atoms with Gasteiger partial charge in [0.15, 0.2) is 0 Å². The second-order valence-corrected chi connectivity index (χ2v) is 6.40. The molecule has 0 aliphatic carbocycles. The highest BCUT2D eigenvalue weighted by Crippen LogP contribution is 2.33. The van der Waals surface area contributed by atoms with E-state index in [-0.39, 0.29) is 6.04 Å². The van der Waals surface area contributed by atoms with Crippen molar-refractivity contribution in [2.24, 2.45) is 5.73 Å². The molecule has 0 spiro atoms. The number of nitrogens with zero attached hydrogens (tertiary/aromatic N) is 1. The van der Waals surface area contributed by atoms with Gasteiger partial charge in [-0.25, -0.2) is 0 Å². The van der Waals surface area contributed by atoms with E-state index in [0.29, 0.717) is 5.56 Å². The van der Waals surface area contributed by atoms with Gasteiger partial charge in [-0.3, -0.25) is 9.69 Å². The Labute approximate surface area is 151 Å². The number of carbonyl (C=O) groups is 1. The largest absolute Gasteiger partial charge is 0.366 e. The van der Waals surface area contributed by atoms with Crippen LogP contribution in [0.25, 0.3) is 0 Å². The minimum Gasteiger partial charge on any atom is -0.366 e. The molecule has 0 radical (unpaired) electrons. The van der Waals surface area contributed by atoms with Crippen LogP contribution in [0, 0.1) is 13.8 Å². The molecule has 4 heteroatoms. The van der Waals surface area contributed by atoms with Crippen molar-refractivity contribution in [3.8, 4) is 0 Å². The predicted molar refractivity (Wildman–Crippen MR) is 105 cm³/mol. The molecule has 134 valence electrons. The van der Waals surface area contributed by atoms with E-state index >= 15 is 0 Å². The second kappa shape index (κ2) is 8.17. The third-order valence-electron chi connectivity index (χ3n) is 5.04. The Kier molecular flexibility index (Phi) is 6.21. The number of hydrogen-bond donors (Lipinski definition) is 2. The van der Waals surface area contributed by atoms with Gasteiger partial charge in [-0.2, -0.15) is 0 Å². The van der Waals surface area contributed by atoms with Gasteiger partial charge >= 0.3 is 0 Å². The SMILES string of the molecule is CCN(CC)C(C)c1cccc(C(N)=O)c1Nc1cccc(C)c1C. The summed E-state index contributed by atoms with van der Waals surface area (Å²) in [6.07, 6.45) is 0. The van der Waals surface area contributed by atoms with Crippen LogP contribution in [0.2, 0.25) is 0 Å². The first-order valence-corrected chi connectivity index (χ1v) is 8.90. The van der Waals surface area contributed by atoms with Crippen molar-refractivity contribution in [2.75, 3.05) is 18.4 Å². The van der Waals surface area contributed by atoms with Crippen molar-refractivity contribution >= 4 is 17.3 Å². The van der Waals surface area contributed by atoms with E-state index in [1.165, 1.54) is 11.1 Å². The number of anilines is 2. The van der Waals surface area contributed by atoms with Gasteiger partial charge in [0.05, 0.1) is 11.3 Å². The quantitative estimate of drug-likeness (QED) is 0.778. The number of nitrogens with one attached hydrogen (secondary N) is 1. The molecule has 25 heavy (non-hydrogen) atoms. The van der Waals surface area contributed by atoms with Crippen molar-refractivity contribution in [3.05, 3.63) is 58.7 Å². The van der Waals surface area contributed by atoms with Crippen molar-refractivity contribution in [3.63, 3.8) is 0 Å². The summed E-state index contributed by atoms with van der Waals surface area (Å²) in [5.41, 5.74) is 11.5. The van der Waals surface area contributed by atoms with E-state index in [1.54, 1.807) is 6.07 Å². The number of benzene rings is 2.